The lowest BCUT2D eigenvalue weighted by Gasteiger charge is -2.33. The van der Waals surface area contributed by atoms with Crippen LogP contribution in [-0.4, -0.2) is 32.9 Å². The molecule has 1 aliphatic heterocycles. The number of amides is 1. The standard InChI is InChI=1S/C29H28F4N2O4S/c1-18-9-10-19(26(30)14-18)15-22(36)16-20-6-5-13-35(28(20)37)21-11-12-23(25(17-21)29(31,32)33)24-7-3-4-8-27(24)34-40(2,38)39/h3-4,7-12,14,17,20,34H,5-6,13,15-16H2,1-2H3/t20-/m0/s1. The maximum atomic E-state index is 14.2. The van der Waals surface area contributed by atoms with Crippen LogP contribution in [0.4, 0.5) is 28.9 Å². The second kappa shape index (κ2) is 11.4. The molecule has 4 rings (SSSR count). The van der Waals surface area contributed by atoms with E-state index in [4.69, 9.17) is 0 Å². The van der Waals surface area contributed by atoms with Crippen LogP contribution >= 0.6 is 0 Å². The van der Waals surface area contributed by atoms with Gasteiger partial charge in [-0.3, -0.25) is 14.3 Å². The van der Waals surface area contributed by atoms with Crippen LogP contribution in [0.15, 0.2) is 60.7 Å². The van der Waals surface area contributed by atoms with Crippen molar-refractivity contribution < 1.29 is 35.6 Å². The summed E-state index contributed by atoms with van der Waals surface area (Å²) >= 11 is 0. The average molecular weight is 577 g/mol. The lowest BCUT2D eigenvalue weighted by atomic mass is 9.89. The summed E-state index contributed by atoms with van der Waals surface area (Å²) in [6.07, 6.45) is -3.35. The van der Waals surface area contributed by atoms with E-state index in [9.17, 15) is 35.6 Å². The number of carbonyl (C=O) groups excluding carboxylic acids is 2. The third-order valence-electron chi connectivity index (χ3n) is 6.75. The topological polar surface area (TPSA) is 83.6 Å². The SMILES string of the molecule is Cc1ccc(CC(=O)C[C@@H]2CCCN(c3ccc(-c4ccccc4NS(C)(=O)=O)c(C(F)(F)F)c3)C2=O)c(F)c1. The molecule has 1 saturated heterocycles. The highest BCUT2D eigenvalue weighted by Crippen LogP contribution is 2.42. The Morgan fingerprint density at radius 3 is 2.45 bits per heavy atom. The molecule has 212 valence electrons. The average Bonchev–Trinajstić information content (AvgIpc) is 2.86. The second-order valence-corrected chi connectivity index (χ2v) is 11.7. The Balaban J connectivity index is 1.60. The fourth-order valence-corrected chi connectivity index (χ4v) is 5.50. The van der Waals surface area contributed by atoms with Crippen molar-refractivity contribution in [1.82, 2.24) is 0 Å². The van der Waals surface area contributed by atoms with Gasteiger partial charge in [0.15, 0.2) is 0 Å². The Morgan fingerprint density at radius 2 is 1.77 bits per heavy atom. The molecular formula is C29H28F4N2O4S. The van der Waals surface area contributed by atoms with Crippen molar-refractivity contribution in [2.75, 3.05) is 22.4 Å². The molecule has 1 atom stereocenters. The zero-order chi connectivity index (χ0) is 29.2. The number of aryl methyl sites for hydroxylation is 1. The normalized spacial score (nSPS) is 16.2. The van der Waals surface area contributed by atoms with E-state index in [-0.39, 0.29) is 53.2 Å². The second-order valence-electron chi connectivity index (χ2n) is 9.99. The minimum Gasteiger partial charge on any atom is -0.312 e. The molecule has 40 heavy (non-hydrogen) atoms. The van der Waals surface area contributed by atoms with Crippen LogP contribution in [-0.2, 0) is 32.2 Å². The molecule has 1 aliphatic rings. The Labute approximate surface area is 230 Å². The van der Waals surface area contributed by atoms with Gasteiger partial charge in [-0.25, -0.2) is 12.8 Å². The molecule has 0 spiro atoms. The number of alkyl halides is 3. The summed E-state index contributed by atoms with van der Waals surface area (Å²) in [5.74, 6) is -2.03. The number of para-hydroxylation sites is 1. The summed E-state index contributed by atoms with van der Waals surface area (Å²) in [5.41, 5.74) is -0.299. The number of piperidine rings is 1. The zero-order valence-electron chi connectivity index (χ0n) is 21.9. The lowest BCUT2D eigenvalue weighted by molar-refractivity contribution is -0.137. The van der Waals surface area contributed by atoms with E-state index >= 15 is 0 Å². The molecule has 0 radical (unpaired) electrons. The number of benzene rings is 3. The Kier molecular flexibility index (Phi) is 8.34. The molecule has 11 heteroatoms. The van der Waals surface area contributed by atoms with Crippen molar-refractivity contribution in [3.63, 3.8) is 0 Å². The summed E-state index contributed by atoms with van der Waals surface area (Å²) in [5, 5.41) is 0. The van der Waals surface area contributed by atoms with Crippen LogP contribution in [0.25, 0.3) is 11.1 Å². The molecule has 3 aromatic carbocycles. The molecule has 0 aromatic heterocycles. The van der Waals surface area contributed by atoms with Gasteiger partial charge in [0.1, 0.15) is 11.6 Å². The lowest BCUT2D eigenvalue weighted by Crippen LogP contribution is -2.42. The number of carbonyl (C=O) groups is 2. The minimum absolute atomic E-state index is 0.0131. The van der Waals surface area contributed by atoms with Gasteiger partial charge in [-0.1, -0.05) is 36.4 Å². The van der Waals surface area contributed by atoms with Gasteiger partial charge in [-0.2, -0.15) is 13.2 Å². The monoisotopic (exact) mass is 576 g/mol. The van der Waals surface area contributed by atoms with Gasteiger partial charge in [-0.15, -0.1) is 0 Å². The van der Waals surface area contributed by atoms with E-state index in [1.807, 2.05) is 0 Å². The smallest absolute Gasteiger partial charge is 0.312 e. The number of nitrogens with one attached hydrogen (secondary N) is 1. The number of hydrogen-bond acceptors (Lipinski definition) is 4. The maximum Gasteiger partial charge on any atom is 0.417 e. The highest BCUT2D eigenvalue weighted by molar-refractivity contribution is 7.92. The van der Waals surface area contributed by atoms with Crippen LogP contribution in [0.2, 0.25) is 0 Å². The molecule has 0 unspecified atom stereocenters. The molecule has 0 saturated carbocycles. The van der Waals surface area contributed by atoms with Crippen molar-refractivity contribution in [3.05, 3.63) is 83.2 Å². The van der Waals surface area contributed by atoms with Crippen molar-refractivity contribution in [1.29, 1.82) is 0 Å². The number of sulfonamides is 1. The number of hydrogen-bond donors (Lipinski definition) is 1. The summed E-state index contributed by atoms with van der Waals surface area (Å²) in [7, 11) is -3.76. The first-order valence-corrected chi connectivity index (χ1v) is 14.5. The Morgan fingerprint density at radius 1 is 1.05 bits per heavy atom. The summed E-state index contributed by atoms with van der Waals surface area (Å²) in [6, 6.07) is 13.7. The number of halogens is 4. The highest BCUT2D eigenvalue weighted by Gasteiger charge is 2.37. The van der Waals surface area contributed by atoms with Gasteiger partial charge in [0.05, 0.1) is 17.5 Å². The van der Waals surface area contributed by atoms with Gasteiger partial charge < -0.3 is 4.90 Å². The van der Waals surface area contributed by atoms with E-state index in [2.05, 4.69) is 4.72 Å². The van der Waals surface area contributed by atoms with Crippen molar-refractivity contribution >= 4 is 33.1 Å². The molecule has 1 amide bonds. The number of anilines is 2. The first-order valence-electron chi connectivity index (χ1n) is 12.6. The summed E-state index contributed by atoms with van der Waals surface area (Å²) < 4.78 is 82.7. The Hall–Kier alpha value is -3.73. The third-order valence-corrected chi connectivity index (χ3v) is 7.34. The zero-order valence-corrected chi connectivity index (χ0v) is 22.7. The molecular weight excluding hydrogens is 548 g/mol. The van der Waals surface area contributed by atoms with Crippen LogP contribution in [0.3, 0.4) is 0 Å². The fourth-order valence-electron chi connectivity index (χ4n) is 4.93. The van der Waals surface area contributed by atoms with Gasteiger partial charge in [0.2, 0.25) is 15.9 Å². The minimum atomic E-state index is -4.81. The first kappa shape index (κ1) is 29.3. The largest absolute Gasteiger partial charge is 0.417 e. The molecule has 3 aromatic rings. The van der Waals surface area contributed by atoms with E-state index in [0.29, 0.717) is 18.4 Å². The number of nitrogens with zero attached hydrogens (tertiary/aromatic N) is 1. The van der Waals surface area contributed by atoms with Gasteiger partial charge in [0, 0.05) is 36.6 Å². The van der Waals surface area contributed by atoms with Crippen LogP contribution in [0.5, 0.6) is 0 Å². The van der Waals surface area contributed by atoms with Crippen molar-refractivity contribution in [2.45, 2.75) is 38.8 Å². The highest BCUT2D eigenvalue weighted by atomic mass is 32.2. The van der Waals surface area contributed by atoms with Crippen LogP contribution < -0.4 is 9.62 Å². The predicted octanol–water partition coefficient (Wildman–Crippen LogP) is 6.14. The fraction of sp³-hybridized carbons (Fsp3) is 0.310. The summed E-state index contributed by atoms with van der Waals surface area (Å²) in [4.78, 5) is 27.2. The number of Topliss-reactive ketones (excluding diaryl/α,β-unsaturated/α-hetero) is 1. The molecule has 6 nitrogen and oxygen atoms in total. The van der Waals surface area contributed by atoms with E-state index in [1.54, 1.807) is 13.0 Å². The number of rotatable bonds is 8. The molecule has 0 bridgehead atoms. The molecule has 1 heterocycles. The molecule has 1 N–H and O–H groups in total. The van der Waals surface area contributed by atoms with Crippen molar-refractivity contribution in [2.24, 2.45) is 5.92 Å². The van der Waals surface area contributed by atoms with E-state index < -0.39 is 39.4 Å². The van der Waals surface area contributed by atoms with Gasteiger partial charge in [0.25, 0.3) is 0 Å². The van der Waals surface area contributed by atoms with E-state index in [1.165, 1.54) is 53.4 Å². The third kappa shape index (κ3) is 6.88. The summed E-state index contributed by atoms with van der Waals surface area (Å²) in [6.45, 7) is 1.91. The van der Waals surface area contributed by atoms with Crippen LogP contribution in [0.1, 0.15) is 36.0 Å². The van der Waals surface area contributed by atoms with E-state index in [0.717, 1.165) is 12.3 Å². The van der Waals surface area contributed by atoms with Crippen molar-refractivity contribution in [3.8, 4) is 11.1 Å². The quantitative estimate of drug-likeness (QED) is 0.327. The van der Waals surface area contributed by atoms with Gasteiger partial charge in [-0.05, 0) is 60.7 Å². The predicted molar refractivity (Wildman–Crippen MR) is 145 cm³/mol. The van der Waals surface area contributed by atoms with Gasteiger partial charge >= 0.3 is 6.18 Å². The Bertz CT molecular complexity index is 1550. The molecule has 1 fully saturated rings. The first-order chi connectivity index (χ1) is 18.7. The molecule has 0 aliphatic carbocycles. The number of ketones is 1. The van der Waals surface area contributed by atoms with Crippen LogP contribution in [0, 0.1) is 18.7 Å². The maximum absolute atomic E-state index is 14.2.